The molecule has 0 aliphatic rings. The maximum atomic E-state index is 12.7. The van der Waals surface area contributed by atoms with Gasteiger partial charge in [-0.1, -0.05) is 37.4 Å². The Hall–Kier alpha value is -6.19. The zero-order valence-corrected chi connectivity index (χ0v) is 30.9. The molecule has 0 aliphatic heterocycles. The molecular formula is C38H48N4O12. The summed E-state index contributed by atoms with van der Waals surface area (Å²) < 4.78 is 20.6. The highest BCUT2D eigenvalue weighted by atomic mass is 16.5. The summed E-state index contributed by atoms with van der Waals surface area (Å²) in [5.41, 5.74) is 1.42. The summed E-state index contributed by atoms with van der Waals surface area (Å²) in [6, 6.07) is 9.60. The fourth-order valence-corrected chi connectivity index (χ4v) is 4.68. The van der Waals surface area contributed by atoms with Crippen LogP contribution in [0, 0.1) is 0 Å². The van der Waals surface area contributed by atoms with Gasteiger partial charge in [-0.15, -0.1) is 0 Å². The van der Waals surface area contributed by atoms with Crippen LogP contribution in [-0.2, 0) is 33.4 Å². The van der Waals surface area contributed by atoms with Gasteiger partial charge in [-0.3, -0.25) is 9.59 Å². The van der Waals surface area contributed by atoms with Crippen LogP contribution in [-0.4, -0.2) is 85.9 Å². The summed E-state index contributed by atoms with van der Waals surface area (Å²) in [6.07, 6.45) is 0.730. The molecule has 0 heterocycles. The molecule has 292 valence electrons. The number of carboxylic acid groups (broad SMARTS) is 1. The van der Waals surface area contributed by atoms with Gasteiger partial charge in [0, 0.05) is 30.8 Å². The van der Waals surface area contributed by atoms with Crippen LogP contribution < -0.4 is 30.7 Å². The SMILES string of the molecule is C=C(C)C(=O)Oc1ccc(C(CNC(=O)NCCCCC(NC(=O)NCC(C(=O)OCC)c2ccc(OC(=O)C(=C)C)cc2)C(=O)O)C(=O)OCC)cc1. The maximum Gasteiger partial charge on any atom is 0.338 e. The van der Waals surface area contributed by atoms with Crippen molar-refractivity contribution in [3.63, 3.8) is 0 Å². The molecule has 0 aromatic heterocycles. The third-order valence-corrected chi connectivity index (χ3v) is 7.57. The third kappa shape index (κ3) is 15.2. The van der Waals surface area contributed by atoms with Crippen molar-refractivity contribution >= 4 is 41.9 Å². The molecule has 16 heteroatoms. The molecule has 3 atom stereocenters. The molecule has 4 amide bonds. The Bertz CT molecular complexity index is 1660. The first-order valence-corrected chi connectivity index (χ1v) is 17.2. The lowest BCUT2D eigenvalue weighted by Crippen LogP contribution is -2.47. The summed E-state index contributed by atoms with van der Waals surface area (Å²) >= 11 is 0. The lowest BCUT2D eigenvalue weighted by Gasteiger charge is -2.19. The number of aliphatic carboxylic acids is 1. The molecule has 54 heavy (non-hydrogen) atoms. The Morgan fingerprint density at radius 2 is 1.07 bits per heavy atom. The fourth-order valence-electron chi connectivity index (χ4n) is 4.68. The Labute approximate surface area is 313 Å². The van der Waals surface area contributed by atoms with E-state index in [1.165, 1.54) is 38.1 Å². The van der Waals surface area contributed by atoms with Gasteiger partial charge in [-0.25, -0.2) is 24.0 Å². The average molecular weight is 753 g/mol. The van der Waals surface area contributed by atoms with E-state index in [0.29, 0.717) is 24.0 Å². The molecular weight excluding hydrogens is 704 g/mol. The first-order valence-electron chi connectivity index (χ1n) is 17.2. The number of hydrogen-bond donors (Lipinski definition) is 5. The molecule has 16 nitrogen and oxygen atoms in total. The van der Waals surface area contributed by atoms with Crippen LogP contribution in [0.25, 0.3) is 0 Å². The smallest absolute Gasteiger partial charge is 0.338 e. The van der Waals surface area contributed by atoms with Gasteiger partial charge in [-0.05, 0) is 82.3 Å². The van der Waals surface area contributed by atoms with Crippen LogP contribution in [0.4, 0.5) is 9.59 Å². The van der Waals surface area contributed by atoms with Crippen molar-refractivity contribution in [3.8, 4) is 11.5 Å². The van der Waals surface area contributed by atoms with Crippen molar-refractivity contribution in [3.05, 3.63) is 84.0 Å². The molecule has 0 bridgehead atoms. The number of esters is 4. The molecule has 3 unspecified atom stereocenters. The number of rotatable bonds is 21. The number of benzene rings is 2. The largest absolute Gasteiger partial charge is 0.480 e. The van der Waals surface area contributed by atoms with Crippen molar-refractivity contribution in [2.75, 3.05) is 32.8 Å². The van der Waals surface area contributed by atoms with Crippen molar-refractivity contribution in [1.29, 1.82) is 0 Å². The molecule has 2 aromatic rings. The Balaban J connectivity index is 1.86. The minimum Gasteiger partial charge on any atom is -0.480 e. The standard InChI is InChI=1S/C38H48N4O12/c1-7-51-35(47)29(25-12-16-27(17-13-25)53-33(45)23(3)4)21-40-37(49)39-20-10-9-11-31(32(43)44)42-38(50)41-22-30(36(48)52-8-2)26-14-18-28(19-15-26)54-34(46)24(5)6/h12-19,29-31H,3,5,7-11,20-22H2,1-2,4,6H3,(H,43,44)(H2,39,40,49)(H2,41,42,50). The second-order valence-corrected chi connectivity index (χ2v) is 12.0. The molecule has 0 saturated carbocycles. The summed E-state index contributed by atoms with van der Waals surface area (Å²) in [7, 11) is 0. The van der Waals surface area contributed by atoms with Crippen LogP contribution in [0.15, 0.2) is 72.8 Å². The highest BCUT2D eigenvalue weighted by molar-refractivity contribution is 5.89. The van der Waals surface area contributed by atoms with E-state index in [9.17, 15) is 38.7 Å². The Kier molecular flexibility index (Phi) is 18.5. The lowest BCUT2D eigenvalue weighted by molar-refractivity contribution is -0.145. The quantitative estimate of drug-likeness (QED) is 0.0531. The average Bonchev–Trinajstić information content (AvgIpc) is 3.12. The highest BCUT2D eigenvalue weighted by Gasteiger charge is 2.26. The number of nitrogens with one attached hydrogen (secondary N) is 4. The molecule has 2 rings (SSSR count). The first-order chi connectivity index (χ1) is 25.7. The van der Waals surface area contributed by atoms with Gasteiger partial charge >= 0.3 is 41.9 Å². The third-order valence-electron chi connectivity index (χ3n) is 7.57. The molecule has 0 aliphatic carbocycles. The zero-order valence-electron chi connectivity index (χ0n) is 30.9. The van der Waals surface area contributed by atoms with Crippen LogP contribution in [0.1, 0.15) is 69.9 Å². The number of amides is 4. The van der Waals surface area contributed by atoms with E-state index >= 15 is 0 Å². The highest BCUT2D eigenvalue weighted by Crippen LogP contribution is 2.23. The number of urea groups is 2. The summed E-state index contributed by atoms with van der Waals surface area (Å²) in [6.45, 7) is 13.4. The van der Waals surface area contributed by atoms with Crippen molar-refractivity contribution in [1.82, 2.24) is 21.3 Å². The van der Waals surface area contributed by atoms with Crippen LogP contribution >= 0.6 is 0 Å². The minimum absolute atomic E-state index is 0.0420. The van der Waals surface area contributed by atoms with Gasteiger partial charge in [0.1, 0.15) is 17.5 Å². The van der Waals surface area contributed by atoms with E-state index in [4.69, 9.17) is 18.9 Å². The molecule has 0 radical (unpaired) electrons. The summed E-state index contributed by atoms with van der Waals surface area (Å²) in [5.74, 6) is -4.95. The van der Waals surface area contributed by atoms with E-state index in [0.717, 1.165) is 0 Å². The van der Waals surface area contributed by atoms with Gasteiger partial charge in [-0.2, -0.15) is 0 Å². The summed E-state index contributed by atoms with van der Waals surface area (Å²) in [5, 5.41) is 19.8. The van der Waals surface area contributed by atoms with Gasteiger partial charge in [0.25, 0.3) is 0 Å². The Morgan fingerprint density at radius 3 is 1.46 bits per heavy atom. The van der Waals surface area contributed by atoms with E-state index in [1.54, 1.807) is 38.1 Å². The molecule has 0 fully saturated rings. The molecule has 0 saturated heterocycles. The van der Waals surface area contributed by atoms with E-state index in [1.807, 2.05) is 0 Å². The molecule has 2 aromatic carbocycles. The van der Waals surface area contributed by atoms with Gasteiger partial charge in [0.15, 0.2) is 0 Å². The number of unbranched alkanes of at least 4 members (excludes halogenated alkanes) is 1. The van der Waals surface area contributed by atoms with Crippen LogP contribution in [0.2, 0.25) is 0 Å². The molecule has 0 spiro atoms. The molecule has 5 N–H and O–H groups in total. The van der Waals surface area contributed by atoms with Gasteiger partial charge in [0.2, 0.25) is 0 Å². The van der Waals surface area contributed by atoms with Crippen molar-refractivity contribution in [2.24, 2.45) is 0 Å². The number of carbonyl (C=O) groups is 7. The first kappa shape index (κ1) is 44.0. The van der Waals surface area contributed by atoms with Crippen molar-refractivity contribution in [2.45, 2.75) is 64.8 Å². The second kappa shape index (κ2) is 22.7. The minimum atomic E-state index is -1.27. The predicted molar refractivity (Wildman–Crippen MR) is 196 cm³/mol. The van der Waals surface area contributed by atoms with Gasteiger partial charge in [0.05, 0.1) is 25.0 Å². The van der Waals surface area contributed by atoms with E-state index in [-0.39, 0.29) is 61.9 Å². The fraction of sp³-hybridized carbons (Fsp3) is 0.395. The lowest BCUT2D eigenvalue weighted by atomic mass is 9.99. The number of carbonyl (C=O) groups excluding carboxylic acids is 6. The van der Waals surface area contributed by atoms with Crippen LogP contribution in [0.5, 0.6) is 11.5 Å². The number of carboxylic acids is 1. The summed E-state index contributed by atoms with van der Waals surface area (Å²) in [4.78, 5) is 85.9. The topological polar surface area (TPSA) is 225 Å². The van der Waals surface area contributed by atoms with Crippen LogP contribution in [0.3, 0.4) is 0 Å². The zero-order chi connectivity index (χ0) is 40.2. The van der Waals surface area contributed by atoms with Crippen molar-refractivity contribution < 1.29 is 57.6 Å². The monoisotopic (exact) mass is 752 g/mol. The predicted octanol–water partition coefficient (Wildman–Crippen LogP) is 3.87. The van der Waals surface area contributed by atoms with E-state index in [2.05, 4.69) is 34.4 Å². The maximum absolute atomic E-state index is 12.7. The number of ether oxygens (including phenoxy) is 4. The van der Waals surface area contributed by atoms with E-state index < -0.39 is 59.8 Å². The van der Waals surface area contributed by atoms with Gasteiger partial charge < -0.3 is 45.3 Å². The Morgan fingerprint density at radius 1 is 0.648 bits per heavy atom. The normalized spacial score (nSPS) is 12.1. The second-order valence-electron chi connectivity index (χ2n) is 12.0. The number of hydrogen-bond acceptors (Lipinski definition) is 11.